The van der Waals surface area contributed by atoms with E-state index in [-0.39, 0.29) is 18.4 Å². The molecule has 3 heterocycles. The number of aryl methyl sites for hydroxylation is 1. The summed E-state index contributed by atoms with van der Waals surface area (Å²) in [6.07, 6.45) is 6.01. The van der Waals surface area contributed by atoms with Gasteiger partial charge in [0.1, 0.15) is 5.82 Å². The summed E-state index contributed by atoms with van der Waals surface area (Å²) >= 11 is 0. The minimum Gasteiger partial charge on any atom is -0.463 e. The number of nitrogens with zero attached hydrogens (tertiary/aromatic N) is 6. The summed E-state index contributed by atoms with van der Waals surface area (Å²) in [5, 5.41) is 12.0. The fraction of sp³-hybridized carbons (Fsp3) is 0.438. The molecule has 3 aromatic rings. The first-order chi connectivity index (χ1) is 19.6. The van der Waals surface area contributed by atoms with Gasteiger partial charge in [0.25, 0.3) is 0 Å². The van der Waals surface area contributed by atoms with Gasteiger partial charge in [0.15, 0.2) is 0 Å². The molecule has 0 spiro atoms. The van der Waals surface area contributed by atoms with Gasteiger partial charge in [-0.05, 0) is 48.8 Å². The Hall–Kier alpha value is -4.12. The molecule has 2 fully saturated rings. The van der Waals surface area contributed by atoms with Gasteiger partial charge in [0.2, 0.25) is 5.91 Å². The fourth-order valence-corrected chi connectivity index (χ4v) is 6.15. The maximum absolute atomic E-state index is 12.5. The predicted molar refractivity (Wildman–Crippen MR) is 156 cm³/mol. The third-order valence-corrected chi connectivity index (χ3v) is 8.48. The summed E-state index contributed by atoms with van der Waals surface area (Å²) < 4.78 is 6.14. The number of carbonyl (C=O) groups excluding carboxylic acids is 1. The van der Waals surface area contributed by atoms with Crippen molar-refractivity contribution in [3.63, 3.8) is 0 Å². The molecule has 1 atom stereocenters. The molecular formula is C32H36N6O2. The van der Waals surface area contributed by atoms with Crippen LogP contribution in [-0.2, 0) is 17.8 Å². The number of amides is 1. The molecule has 1 aliphatic carbocycles. The molecular weight excluding hydrogens is 500 g/mol. The highest BCUT2D eigenvalue weighted by atomic mass is 16.5. The predicted octanol–water partition coefficient (Wildman–Crippen LogP) is 4.80. The zero-order chi connectivity index (χ0) is 27.6. The molecule has 0 N–H and O–H groups in total. The molecule has 8 heteroatoms. The van der Waals surface area contributed by atoms with Crippen molar-refractivity contribution in [2.24, 2.45) is 5.92 Å². The summed E-state index contributed by atoms with van der Waals surface area (Å²) in [6, 6.07) is 15.4. The lowest BCUT2D eigenvalue weighted by atomic mass is 9.99. The number of aromatic nitrogens is 2. The van der Waals surface area contributed by atoms with Gasteiger partial charge in [-0.3, -0.25) is 4.79 Å². The van der Waals surface area contributed by atoms with Crippen molar-refractivity contribution in [1.29, 1.82) is 5.26 Å². The van der Waals surface area contributed by atoms with E-state index in [1.807, 2.05) is 0 Å². The second kappa shape index (κ2) is 11.2. The van der Waals surface area contributed by atoms with Crippen LogP contribution in [0.25, 0.3) is 10.8 Å². The van der Waals surface area contributed by atoms with Crippen LogP contribution in [0.4, 0.5) is 11.5 Å². The average Bonchev–Trinajstić information content (AvgIpc) is 3.80. The first-order valence-electron chi connectivity index (χ1n) is 14.4. The molecule has 1 amide bonds. The number of anilines is 2. The van der Waals surface area contributed by atoms with Crippen LogP contribution in [0.5, 0.6) is 6.01 Å². The van der Waals surface area contributed by atoms with Gasteiger partial charge in [-0.25, -0.2) is 0 Å². The second-order valence-corrected chi connectivity index (χ2v) is 11.2. The van der Waals surface area contributed by atoms with Crippen LogP contribution in [0.2, 0.25) is 0 Å². The lowest BCUT2D eigenvalue weighted by Crippen LogP contribution is -2.55. The van der Waals surface area contributed by atoms with Gasteiger partial charge in [-0.15, -0.1) is 0 Å². The zero-order valence-electron chi connectivity index (χ0n) is 23.2. The zero-order valence-corrected chi connectivity index (χ0v) is 23.2. The van der Waals surface area contributed by atoms with Crippen molar-refractivity contribution >= 4 is 28.2 Å². The molecule has 8 nitrogen and oxygen atoms in total. The summed E-state index contributed by atoms with van der Waals surface area (Å²) in [5.74, 6) is 1.52. The topological polar surface area (TPSA) is 85.6 Å². The van der Waals surface area contributed by atoms with Crippen molar-refractivity contribution in [2.75, 3.05) is 42.6 Å². The normalized spacial score (nSPS) is 18.8. The van der Waals surface area contributed by atoms with E-state index >= 15 is 0 Å². The molecule has 1 saturated carbocycles. The number of benzene rings is 2. The minimum atomic E-state index is -0.215. The Bertz CT molecular complexity index is 1470. The molecule has 0 unspecified atom stereocenters. The van der Waals surface area contributed by atoms with E-state index < -0.39 is 0 Å². The maximum Gasteiger partial charge on any atom is 0.318 e. The van der Waals surface area contributed by atoms with Gasteiger partial charge in [0, 0.05) is 42.8 Å². The molecule has 2 aromatic carbocycles. The number of carbonyl (C=O) groups is 1. The smallest absolute Gasteiger partial charge is 0.318 e. The Labute approximate surface area is 235 Å². The quantitative estimate of drug-likeness (QED) is 0.383. The van der Waals surface area contributed by atoms with E-state index in [0.29, 0.717) is 38.8 Å². The number of rotatable bonds is 8. The van der Waals surface area contributed by atoms with E-state index in [9.17, 15) is 10.1 Å². The van der Waals surface area contributed by atoms with Gasteiger partial charge >= 0.3 is 6.01 Å². The molecule has 0 radical (unpaired) electrons. The summed E-state index contributed by atoms with van der Waals surface area (Å²) in [6.45, 7) is 9.68. The highest BCUT2D eigenvalue weighted by Gasteiger charge is 2.33. The monoisotopic (exact) mass is 536 g/mol. The number of piperazine rings is 1. The SMILES string of the molecule is C=CC(=O)N1CCN(c2nc(OCCC3CC3)nc3c2CCN(c2cccc4cccc(C)c24)C3)C[C@@H]1CC#N. The molecule has 0 bridgehead atoms. The molecule has 3 aliphatic rings. The van der Waals surface area contributed by atoms with Crippen LogP contribution in [0.1, 0.15) is 42.5 Å². The largest absolute Gasteiger partial charge is 0.463 e. The summed E-state index contributed by atoms with van der Waals surface area (Å²) in [5.41, 5.74) is 4.62. The van der Waals surface area contributed by atoms with Crippen molar-refractivity contribution in [3.05, 3.63) is 65.9 Å². The second-order valence-electron chi connectivity index (χ2n) is 11.2. The molecule has 2 aliphatic heterocycles. The molecule has 40 heavy (non-hydrogen) atoms. The Morgan fingerprint density at radius 3 is 2.75 bits per heavy atom. The van der Waals surface area contributed by atoms with Crippen molar-refractivity contribution in [1.82, 2.24) is 14.9 Å². The molecule has 1 saturated heterocycles. The summed E-state index contributed by atoms with van der Waals surface area (Å²) in [7, 11) is 0. The number of nitriles is 1. The van der Waals surface area contributed by atoms with E-state index in [4.69, 9.17) is 14.7 Å². The fourth-order valence-electron chi connectivity index (χ4n) is 6.15. The van der Waals surface area contributed by atoms with Crippen molar-refractivity contribution in [2.45, 2.75) is 51.6 Å². The third-order valence-electron chi connectivity index (χ3n) is 8.48. The van der Waals surface area contributed by atoms with Crippen LogP contribution in [0, 0.1) is 24.2 Å². The average molecular weight is 537 g/mol. The van der Waals surface area contributed by atoms with Crippen LogP contribution in [0.15, 0.2) is 49.1 Å². The van der Waals surface area contributed by atoms with Crippen LogP contribution >= 0.6 is 0 Å². The molecule has 206 valence electrons. The minimum absolute atomic E-state index is 0.130. The van der Waals surface area contributed by atoms with E-state index in [1.54, 1.807) is 4.90 Å². The van der Waals surface area contributed by atoms with Gasteiger partial charge in [0.05, 0.1) is 37.4 Å². The van der Waals surface area contributed by atoms with Gasteiger partial charge in [-0.1, -0.05) is 49.8 Å². The number of ether oxygens (including phenoxy) is 1. The first-order valence-corrected chi connectivity index (χ1v) is 14.4. The maximum atomic E-state index is 12.5. The third kappa shape index (κ3) is 5.21. The summed E-state index contributed by atoms with van der Waals surface area (Å²) in [4.78, 5) is 28.8. The highest BCUT2D eigenvalue weighted by Crippen LogP contribution is 2.36. The number of hydrogen-bond acceptors (Lipinski definition) is 7. The van der Waals surface area contributed by atoms with E-state index in [1.165, 1.54) is 40.9 Å². The molecule has 1 aromatic heterocycles. The Balaban J connectivity index is 1.33. The number of fused-ring (bicyclic) bond motifs is 2. The van der Waals surface area contributed by atoms with Crippen LogP contribution in [-0.4, -0.2) is 59.6 Å². The lowest BCUT2D eigenvalue weighted by molar-refractivity contribution is -0.128. The lowest BCUT2D eigenvalue weighted by Gasteiger charge is -2.42. The van der Waals surface area contributed by atoms with E-state index in [2.05, 4.69) is 65.8 Å². The Morgan fingerprint density at radius 2 is 1.98 bits per heavy atom. The van der Waals surface area contributed by atoms with Crippen LogP contribution < -0.4 is 14.5 Å². The standard InChI is InChI=1S/C32H36N6O2/c1-3-29(39)38-18-17-37(20-25(38)12-15-33)31-26-13-16-36(28-9-5-8-24-7-4-6-22(2)30(24)28)21-27(26)34-32(35-31)40-19-14-23-10-11-23/h3-9,23,25H,1,10-14,16-21H2,2H3/t25-/m0/s1. The first kappa shape index (κ1) is 26.1. The van der Waals surface area contributed by atoms with E-state index in [0.717, 1.165) is 42.4 Å². The highest BCUT2D eigenvalue weighted by molar-refractivity contribution is 5.97. The van der Waals surface area contributed by atoms with Gasteiger partial charge < -0.3 is 19.4 Å². The Kier molecular flexibility index (Phi) is 7.29. The van der Waals surface area contributed by atoms with Crippen molar-refractivity contribution in [3.8, 4) is 12.1 Å². The molecule has 6 rings (SSSR count). The Morgan fingerprint density at radius 1 is 1.15 bits per heavy atom. The number of hydrogen-bond donors (Lipinski definition) is 0. The van der Waals surface area contributed by atoms with Crippen LogP contribution in [0.3, 0.4) is 0 Å². The van der Waals surface area contributed by atoms with Gasteiger partial charge in [-0.2, -0.15) is 15.2 Å². The van der Waals surface area contributed by atoms with Crippen molar-refractivity contribution < 1.29 is 9.53 Å².